The molecule has 2 aromatic rings. The van der Waals surface area contributed by atoms with Crippen LogP contribution in [0.25, 0.3) is 0 Å². The van der Waals surface area contributed by atoms with E-state index < -0.39 is 0 Å². The second-order valence-corrected chi connectivity index (χ2v) is 4.70. The number of nitrogens with two attached hydrogens (primary N) is 1. The van der Waals surface area contributed by atoms with Crippen LogP contribution < -0.4 is 10.5 Å². The van der Waals surface area contributed by atoms with Crippen LogP contribution in [0, 0.1) is 11.3 Å². The molecule has 0 atom stereocenters. The molecule has 0 spiro atoms. The fraction of sp³-hybridized carbons (Fsp3) is 0.0714. The van der Waals surface area contributed by atoms with E-state index in [-0.39, 0.29) is 12.4 Å². The molecule has 0 aliphatic carbocycles. The second-order valence-electron chi connectivity index (χ2n) is 3.86. The minimum atomic E-state index is 0. The van der Waals surface area contributed by atoms with Gasteiger partial charge in [0.2, 0.25) is 0 Å². The molecule has 0 aliphatic heterocycles. The monoisotopic (exact) mass is 328 g/mol. The fourth-order valence-corrected chi connectivity index (χ4v) is 1.95. The van der Waals surface area contributed by atoms with Gasteiger partial charge >= 0.3 is 0 Å². The molecule has 2 rings (SSSR count). The van der Waals surface area contributed by atoms with Crippen LogP contribution in [0.5, 0.6) is 11.5 Å². The van der Waals surface area contributed by atoms with Crippen molar-refractivity contribution in [1.82, 2.24) is 0 Å². The lowest BCUT2D eigenvalue weighted by atomic mass is 10.2. The highest BCUT2D eigenvalue weighted by Gasteiger charge is 2.06. The normalized spacial score (nSPS) is 9.50. The van der Waals surface area contributed by atoms with Gasteiger partial charge in [0.25, 0.3) is 0 Å². The Hall–Kier alpha value is -1.44. The van der Waals surface area contributed by atoms with Gasteiger partial charge in [0.1, 0.15) is 11.5 Å². The van der Waals surface area contributed by atoms with Gasteiger partial charge in [-0.05, 0) is 35.9 Å². The van der Waals surface area contributed by atoms with Crippen molar-refractivity contribution < 1.29 is 4.74 Å². The summed E-state index contributed by atoms with van der Waals surface area (Å²) < 4.78 is 5.65. The third-order valence-electron chi connectivity index (χ3n) is 2.46. The van der Waals surface area contributed by atoms with Crippen molar-refractivity contribution in [2.45, 2.75) is 6.54 Å². The van der Waals surface area contributed by atoms with E-state index in [2.05, 4.69) is 0 Å². The van der Waals surface area contributed by atoms with Crippen molar-refractivity contribution in [3.8, 4) is 17.6 Å². The van der Waals surface area contributed by atoms with E-state index in [1.165, 1.54) is 0 Å². The number of rotatable bonds is 3. The smallest absolute Gasteiger partial charge is 0.146 e. The lowest BCUT2D eigenvalue weighted by Gasteiger charge is -2.09. The molecule has 104 valence electrons. The van der Waals surface area contributed by atoms with Gasteiger partial charge in [0.05, 0.1) is 16.7 Å². The third-order valence-corrected chi connectivity index (χ3v) is 2.99. The predicted octanol–water partition coefficient (Wildman–Crippen LogP) is 4.54. The third kappa shape index (κ3) is 4.03. The van der Waals surface area contributed by atoms with E-state index in [0.717, 1.165) is 5.56 Å². The Bertz CT molecular complexity index is 653. The number of nitriles is 1. The molecular formula is C14H11Cl3N2O. The molecule has 0 amide bonds. The van der Waals surface area contributed by atoms with Crippen LogP contribution in [-0.2, 0) is 6.54 Å². The van der Waals surface area contributed by atoms with Crippen LogP contribution in [0.1, 0.15) is 11.1 Å². The van der Waals surface area contributed by atoms with Gasteiger partial charge in [-0.15, -0.1) is 12.4 Å². The number of ether oxygens (including phenoxy) is 1. The maximum atomic E-state index is 8.88. The topological polar surface area (TPSA) is 59.0 Å². The highest BCUT2D eigenvalue weighted by molar-refractivity contribution is 6.32. The Morgan fingerprint density at radius 2 is 1.90 bits per heavy atom. The molecule has 20 heavy (non-hydrogen) atoms. The van der Waals surface area contributed by atoms with E-state index in [9.17, 15) is 0 Å². The summed E-state index contributed by atoms with van der Waals surface area (Å²) in [6, 6.07) is 12.1. The fourth-order valence-electron chi connectivity index (χ4n) is 1.57. The van der Waals surface area contributed by atoms with Gasteiger partial charge in [-0.2, -0.15) is 5.26 Å². The summed E-state index contributed by atoms with van der Waals surface area (Å²) in [7, 11) is 0. The molecule has 0 aromatic heterocycles. The van der Waals surface area contributed by atoms with Crippen molar-refractivity contribution in [2.75, 3.05) is 0 Å². The zero-order valence-electron chi connectivity index (χ0n) is 10.3. The molecule has 0 aliphatic rings. The van der Waals surface area contributed by atoms with Gasteiger partial charge in [-0.1, -0.05) is 29.3 Å². The summed E-state index contributed by atoms with van der Waals surface area (Å²) in [6.45, 7) is 0.395. The van der Waals surface area contributed by atoms with Crippen molar-refractivity contribution in [1.29, 1.82) is 5.26 Å². The standard InChI is InChI=1S/C14H10Cl2N2O.ClH/c15-11-3-10(8-18)4-12(6-11)19-14-5-9(7-17)1-2-13(14)16;/h1-6H,7,17H2;1H. The lowest BCUT2D eigenvalue weighted by Crippen LogP contribution is -1.96. The summed E-state index contributed by atoms with van der Waals surface area (Å²) in [4.78, 5) is 0. The van der Waals surface area contributed by atoms with Gasteiger partial charge < -0.3 is 10.5 Å². The molecule has 0 heterocycles. The highest BCUT2D eigenvalue weighted by atomic mass is 35.5. The van der Waals surface area contributed by atoms with Crippen molar-refractivity contribution in [2.24, 2.45) is 5.73 Å². The molecule has 0 saturated heterocycles. The Kier molecular flexibility index (Phi) is 6.12. The average Bonchev–Trinajstić information content (AvgIpc) is 2.40. The Morgan fingerprint density at radius 3 is 2.55 bits per heavy atom. The van der Waals surface area contributed by atoms with Gasteiger partial charge in [-0.25, -0.2) is 0 Å². The van der Waals surface area contributed by atoms with Crippen LogP contribution in [0.3, 0.4) is 0 Å². The zero-order chi connectivity index (χ0) is 13.8. The number of nitrogens with zero attached hydrogens (tertiary/aromatic N) is 1. The van der Waals surface area contributed by atoms with Crippen LogP contribution in [0.4, 0.5) is 0 Å². The minimum absolute atomic E-state index is 0. The van der Waals surface area contributed by atoms with Crippen molar-refractivity contribution >= 4 is 35.6 Å². The molecule has 2 N–H and O–H groups in total. The van der Waals surface area contributed by atoms with Crippen LogP contribution in [0.2, 0.25) is 10.0 Å². The Balaban J connectivity index is 0.00000200. The van der Waals surface area contributed by atoms with Gasteiger partial charge in [-0.3, -0.25) is 0 Å². The summed E-state index contributed by atoms with van der Waals surface area (Å²) >= 11 is 12.0. The summed E-state index contributed by atoms with van der Waals surface area (Å²) in [6.07, 6.45) is 0. The molecule has 2 aromatic carbocycles. The molecule has 3 nitrogen and oxygen atoms in total. The SMILES string of the molecule is Cl.N#Cc1cc(Cl)cc(Oc2cc(CN)ccc2Cl)c1. The highest BCUT2D eigenvalue weighted by Crippen LogP contribution is 2.32. The van der Waals surface area contributed by atoms with E-state index in [1.54, 1.807) is 30.3 Å². The van der Waals surface area contributed by atoms with E-state index in [1.807, 2.05) is 12.1 Å². The Morgan fingerprint density at radius 1 is 1.15 bits per heavy atom. The van der Waals surface area contributed by atoms with E-state index in [0.29, 0.717) is 33.7 Å². The Labute approximate surface area is 133 Å². The first kappa shape index (κ1) is 16.6. The molecule has 6 heteroatoms. The number of benzene rings is 2. The number of hydrogen-bond donors (Lipinski definition) is 1. The van der Waals surface area contributed by atoms with Crippen LogP contribution >= 0.6 is 35.6 Å². The molecule has 0 bridgehead atoms. The van der Waals surface area contributed by atoms with Crippen molar-refractivity contribution in [3.63, 3.8) is 0 Å². The lowest BCUT2D eigenvalue weighted by molar-refractivity contribution is 0.482. The molecule has 0 unspecified atom stereocenters. The maximum Gasteiger partial charge on any atom is 0.146 e. The maximum absolute atomic E-state index is 8.88. The summed E-state index contributed by atoms with van der Waals surface area (Å²) in [5.41, 5.74) is 6.90. The molecule has 0 saturated carbocycles. The predicted molar refractivity (Wildman–Crippen MR) is 82.8 cm³/mol. The largest absolute Gasteiger partial charge is 0.456 e. The first-order valence-corrected chi connectivity index (χ1v) is 6.25. The van der Waals surface area contributed by atoms with Crippen LogP contribution in [0.15, 0.2) is 36.4 Å². The van der Waals surface area contributed by atoms with E-state index >= 15 is 0 Å². The first-order chi connectivity index (χ1) is 9.12. The van der Waals surface area contributed by atoms with Gasteiger partial charge in [0.15, 0.2) is 0 Å². The van der Waals surface area contributed by atoms with Crippen molar-refractivity contribution in [3.05, 3.63) is 57.6 Å². The molecule has 0 radical (unpaired) electrons. The molecular weight excluding hydrogens is 319 g/mol. The second kappa shape index (κ2) is 7.37. The first-order valence-electron chi connectivity index (χ1n) is 5.49. The number of hydrogen-bond acceptors (Lipinski definition) is 3. The quantitative estimate of drug-likeness (QED) is 0.899. The van der Waals surface area contributed by atoms with Gasteiger partial charge in [0, 0.05) is 11.6 Å². The average molecular weight is 330 g/mol. The number of halogens is 3. The minimum Gasteiger partial charge on any atom is -0.456 e. The van der Waals surface area contributed by atoms with Crippen LogP contribution in [-0.4, -0.2) is 0 Å². The summed E-state index contributed by atoms with van der Waals surface area (Å²) in [5, 5.41) is 9.78. The van der Waals surface area contributed by atoms with E-state index in [4.69, 9.17) is 38.9 Å². The molecule has 0 fully saturated rings. The summed E-state index contributed by atoms with van der Waals surface area (Å²) in [5.74, 6) is 0.941. The zero-order valence-corrected chi connectivity index (χ0v) is 12.6.